The predicted octanol–water partition coefficient (Wildman–Crippen LogP) is 3.07. The van der Waals surface area contributed by atoms with Crippen molar-refractivity contribution < 1.29 is 4.79 Å². The molecule has 0 spiro atoms. The van der Waals surface area contributed by atoms with E-state index in [0.29, 0.717) is 34.4 Å². The maximum atomic E-state index is 13.5. The van der Waals surface area contributed by atoms with E-state index in [-0.39, 0.29) is 18.0 Å². The number of benzene rings is 1. The lowest BCUT2D eigenvalue weighted by Gasteiger charge is -2.38. The number of carbonyl (C=O) groups is 1. The van der Waals surface area contributed by atoms with Gasteiger partial charge in [-0.1, -0.05) is 23.7 Å². The summed E-state index contributed by atoms with van der Waals surface area (Å²) in [5, 5.41) is 12.4. The fourth-order valence-electron chi connectivity index (χ4n) is 4.02. The third kappa shape index (κ3) is 3.61. The van der Waals surface area contributed by atoms with Gasteiger partial charge in [-0.3, -0.25) is 9.20 Å². The first-order chi connectivity index (χ1) is 15.1. The molecule has 2 atom stereocenters. The Kier molecular flexibility index (Phi) is 5.03. The highest BCUT2D eigenvalue weighted by Gasteiger charge is 2.31. The first-order valence-corrected chi connectivity index (χ1v) is 10.5. The molecular formula is C21H21ClN8O. The molecule has 1 fully saturated rings. The van der Waals surface area contributed by atoms with E-state index >= 15 is 0 Å². The number of imidazole rings is 1. The highest BCUT2D eigenvalue weighted by Crippen LogP contribution is 2.25. The van der Waals surface area contributed by atoms with Crippen LogP contribution in [-0.4, -0.2) is 58.8 Å². The number of rotatable bonds is 4. The van der Waals surface area contributed by atoms with Crippen molar-refractivity contribution >= 4 is 29.0 Å². The number of fused-ring (bicyclic) bond motifs is 1. The molecule has 0 aliphatic carbocycles. The molecule has 5 rings (SSSR count). The van der Waals surface area contributed by atoms with Gasteiger partial charge in [-0.2, -0.15) is 15.0 Å². The van der Waals surface area contributed by atoms with Gasteiger partial charge in [0.1, 0.15) is 5.15 Å². The molecular weight excluding hydrogens is 416 g/mol. The minimum atomic E-state index is -0.0399. The fourth-order valence-corrected chi connectivity index (χ4v) is 4.20. The first kappa shape index (κ1) is 19.5. The van der Waals surface area contributed by atoms with Crippen LogP contribution in [0.1, 0.15) is 30.1 Å². The van der Waals surface area contributed by atoms with Crippen molar-refractivity contribution in [3.8, 4) is 5.69 Å². The van der Waals surface area contributed by atoms with Gasteiger partial charge >= 0.3 is 0 Å². The average molecular weight is 437 g/mol. The van der Waals surface area contributed by atoms with E-state index in [1.54, 1.807) is 35.4 Å². The zero-order valence-corrected chi connectivity index (χ0v) is 17.6. The average Bonchev–Trinajstić information content (AvgIpc) is 3.46. The second kappa shape index (κ2) is 7.99. The molecule has 9 nitrogen and oxygen atoms in total. The van der Waals surface area contributed by atoms with Crippen LogP contribution in [0.3, 0.4) is 0 Å². The van der Waals surface area contributed by atoms with Crippen molar-refractivity contribution in [1.82, 2.24) is 34.3 Å². The predicted molar refractivity (Wildman–Crippen MR) is 116 cm³/mol. The molecule has 158 valence electrons. The van der Waals surface area contributed by atoms with Crippen molar-refractivity contribution in [2.45, 2.75) is 31.8 Å². The smallest absolute Gasteiger partial charge is 0.256 e. The number of halogens is 1. The van der Waals surface area contributed by atoms with Gasteiger partial charge in [0.15, 0.2) is 11.5 Å². The van der Waals surface area contributed by atoms with Gasteiger partial charge in [-0.15, -0.1) is 0 Å². The lowest BCUT2D eigenvalue weighted by atomic mass is 9.98. The van der Waals surface area contributed by atoms with E-state index in [9.17, 15) is 4.79 Å². The van der Waals surface area contributed by atoms with E-state index in [1.165, 1.54) is 4.80 Å². The van der Waals surface area contributed by atoms with Crippen molar-refractivity contribution in [3.63, 3.8) is 0 Å². The Hall–Kier alpha value is -3.46. The molecule has 1 N–H and O–H groups in total. The molecule has 0 saturated carbocycles. The zero-order chi connectivity index (χ0) is 21.4. The number of hydrogen-bond donors (Lipinski definition) is 1. The van der Waals surface area contributed by atoms with E-state index in [1.807, 2.05) is 29.2 Å². The quantitative estimate of drug-likeness (QED) is 0.528. The highest BCUT2D eigenvalue weighted by molar-refractivity contribution is 6.29. The van der Waals surface area contributed by atoms with Crippen molar-refractivity contribution in [3.05, 3.63) is 66.0 Å². The highest BCUT2D eigenvalue weighted by atomic mass is 35.5. The Bertz CT molecular complexity index is 1220. The maximum Gasteiger partial charge on any atom is 0.256 e. The molecule has 0 radical (unpaired) electrons. The molecule has 3 aromatic heterocycles. The molecule has 1 aromatic carbocycles. The number of para-hydroxylation sites is 1. The Morgan fingerprint density at radius 3 is 2.77 bits per heavy atom. The van der Waals surface area contributed by atoms with Gasteiger partial charge < -0.3 is 10.2 Å². The summed E-state index contributed by atoms with van der Waals surface area (Å²) >= 11 is 6.18. The molecule has 1 amide bonds. The number of likely N-dealkylation sites (tertiary alicyclic amines) is 1. The van der Waals surface area contributed by atoms with E-state index in [4.69, 9.17) is 11.6 Å². The molecule has 1 aliphatic heterocycles. The number of piperidine rings is 1. The van der Waals surface area contributed by atoms with Crippen LogP contribution in [-0.2, 0) is 0 Å². The Morgan fingerprint density at radius 1 is 1.13 bits per heavy atom. The van der Waals surface area contributed by atoms with Gasteiger partial charge in [0.05, 0.1) is 29.8 Å². The van der Waals surface area contributed by atoms with Crippen molar-refractivity contribution in [2.75, 3.05) is 11.9 Å². The molecule has 0 bridgehead atoms. The molecule has 10 heteroatoms. The molecule has 0 unspecified atom stereocenters. The Morgan fingerprint density at radius 2 is 1.94 bits per heavy atom. The van der Waals surface area contributed by atoms with E-state index in [0.717, 1.165) is 12.8 Å². The normalized spacial score (nSPS) is 19.0. The minimum absolute atomic E-state index is 0.0399. The fraction of sp³-hybridized carbons (Fsp3) is 0.286. The summed E-state index contributed by atoms with van der Waals surface area (Å²) in [6, 6.07) is 7.57. The monoisotopic (exact) mass is 436 g/mol. The van der Waals surface area contributed by atoms with Crippen LogP contribution in [0.25, 0.3) is 11.3 Å². The molecule has 4 heterocycles. The standard InChI is InChI=1S/C21H21ClN8O/c1-14-6-7-15(27-19-20-24-12-18(22)28(20)11-10-23-19)13-29(14)21(31)16-4-2-3-5-17(16)30-25-8-9-26-30/h2-5,8-12,14-15H,6-7,13H2,1H3,(H,23,27)/t14-,15-/m1/s1. The number of anilines is 1. The van der Waals surface area contributed by atoms with Gasteiger partial charge in [0, 0.05) is 31.0 Å². The topological polar surface area (TPSA) is 93.2 Å². The molecule has 1 aliphatic rings. The summed E-state index contributed by atoms with van der Waals surface area (Å²) in [7, 11) is 0. The third-order valence-electron chi connectivity index (χ3n) is 5.64. The summed E-state index contributed by atoms with van der Waals surface area (Å²) in [5.41, 5.74) is 1.91. The molecule has 1 saturated heterocycles. The van der Waals surface area contributed by atoms with Crippen LogP contribution in [0.15, 0.2) is 55.2 Å². The van der Waals surface area contributed by atoms with E-state index in [2.05, 4.69) is 32.4 Å². The van der Waals surface area contributed by atoms with Crippen LogP contribution in [0.5, 0.6) is 0 Å². The Balaban J connectivity index is 1.40. The maximum absolute atomic E-state index is 13.5. The number of carbonyl (C=O) groups excluding carboxylic acids is 1. The van der Waals surface area contributed by atoms with Crippen LogP contribution in [0.2, 0.25) is 5.15 Å². The van der Waals surface area contributed by atoms with Gasteiger partial charge in [0.2, 0.25) is 0 Å². The van der Waals surface area contributed by atoms with Gasteiger partial charge in [-0.25, -0.2) is 9.97 Å². The van der Waals surface area contributed by atoms with Crippen LogP contribution in [0, 0.1) is 0 Å². The Labute approximate surface area is 183 Å². The summed E-state index contributed by atoms with van der Waals surface area (Å²) < 4.78 is 1.78. The van der Waals surface area contributed by atoms with Crippen molar-refractivity contribution in [1.29, 1.82) is 0 Å². The number of nitrogens with zero attached hydrogens (tertiary/aromatic N) is 7. The summed E-state index contributed by atoms with van der Waals surface area (Å²) in [6.45, 7) is 2.63. The lowest BCUT2D eigenvalue weighted by molar-refractivity contribution is 0.0621. The van der Waals surface area contributed by atoms with Crippen LogP contribution < -0.4 is 5.32 Å². The minimum Gasteiger partial charge on any atom is -0.362 e. The summed E-state index contributed by atoms with van der Waals surface area (Å²) in [5.74, 6) is 0.615. The van der Waals surface area contributed by atoms with E-state index < -0.39 is 0 Å². The van der Waals surface area contributed by atoms with Gasteiger partial charge in [-0.05, 0) is 31.9 Å². The number of hydrogen-bond acceptors (Lipinski definition) is 6. The summed E-state index contributed by atoms with van der Waals surface area (Å²) in [4.78, 5) is 25.7. The summed E-state index contributed by atoms with van der Waals surface area (Å²) in [6.07, 6.45) is 10.1. The largest absolute Gasteiger partial charge is 0.362 e. The van der Waals surface area contributed by atoms with Gasteiger partial charge in [0.25, 0.3) is 5.91 Å². The third-order valence-corrected chi connectivity index (χ3v) is 5.91. The van der Waals surface area contributed by atoms with Crippen molar-refractivity contribution in [2.24, 2.45) is 0 Å². The van der Waals surface area contributed by atoms with Crippen LogP contribution >= 0.6 is 11.6 Å². The molecule has 4 aromatic rings. The second-order valence-corrected chi connectivity index (χ2v) is 8.00. The molecule has 31 heavy (non-hydrogen) atoms. The zero-order valence-electron chi connectivity index (χ0n) is 16.9. The lowest BCUT2D eigenvalue weighted by Crippen LogP contribution is -2.50. The SMILES string of the molecule is C[C@@H]1CC[C@@H](Nc2nccn3c(Cl)cnc23)CN1C(=O)c1ccccc1-n1nccn1. The van der Waals surface area contributed by atoms with Crippen LogP contribution in [0.4, 0.5) is 5.82 Å². The number of aromatic nitrogens is 6. The first-order valence-electron chi connectivity index (χ1n) is 10.1. The number of nitrogens with one attached hydrogen (secondary N) is 1. The second-order valence-electron chi connectivity index (χ2n) is 7.61. The number of amides is 1.